The van der Waals surface area contributed by atoms with Crippen LogP contribution in [0.15, 0.2) is 0 Å². The first-order chi connectivity index (χ1) is 8.36. The van der Waals surface area contributed by atoms with Crippen LogP contribution >= 0.6 is 0 Å². The Morgan fingerprint density at radius 1 is 0.944 bits per heavy atom. The van der Waals surface area contributed by atoms with Gasteiger partial charge in [-0.3, -0.25) is 0 Å². The Bertz CT molecular complexity index is 286. The van der Waals surface area contributed by atoms with Gasteiger partial charge in [0.2, 0.25) is 0 Å². The molecule has 0 heteroatoms. The van der Waals surface area contributed by atoms with Crippen molar-refractivity contribution in [2.24, 2.45) is 46.8 Å². The molecule has 0 saturated heterocycles. The molecular weight excluding hydrogens is 216 g/mol. The second-order valence-corrected chi connectivity index (χ2v) is 8.06. The Balaban J connectivity index is 1.80. The van der Waals surface area contributed by atoms with Crippen molar-refractivity contribution < 1.29 is 0 Å². The molecule has 7 unspecified atom stereocenters. The summed E-state index contributed by atoms with van der Waals surface area (Å²) in [4.78, 5) is 0. The van der Waals surface area contributed by atoms with Gasteiger partial charge in [-0.25, -0.2) is 0 Å². The molecule has 18 heavy (non-hydrogen) atoms. The van der Waals surface area contributed by atoms with Gasteiger partial charge in [0.15, 0.2) is 0 Å². The Morgan fingerprint density at radius 3 is 1.94 bits per heavy atom. The first-order valence-electron chi connectivity index (χ1n) is 8.36. The van der Waals surface area contributed by atoms with Gasteiger partial charge in [-0.1, -0.05) is 54.9 Å². The molecular formula is C18H34. The number of fused-ring (bicyclic) bond motifs is 1. The second-order valence-electron chi connectivity index (χ2n) is 8.06. The summed E-state index contributed by atoms with van der Waals surface area (Å²) in [6.07, 6.45) is 4.37. The fraction of sp³-hybridized carbons (Fsp3) is 1.00. The van der Waals surface area contributed by atoms with Gasteiger partial charge in [0, 0.05) is 0 Å². The molecule has 106 valence electrons. The maximum atomic E-state index is 2.51. The molecule has 0 aromatic heterocycles. The molecule has 2 fully saturated rings. The summed E-state index contributed by atoms with van der Waals surface area (Å²) in [7, 11) is 0. The van der Waals surface area contributed by atoms with E-state index in [9.17, 15) is 0 Å². The Kier molecular flexibility index (Phi) is 3.87. The summed E-state index contributed by atoms with van der Waals surface area (Å²) in [6, 6.07) is 0. The second kappa shape index (κ2) is 4.84. The largest absolute Gasteiger partial charge is 0.0651 e. The van der Waals surface area contributed by atoms with Crippen LogP contribution in [-0.2, 0) is 0 Å². The van der Waals surface area contributed by atoms with E-state index in [1.165, 1.54) is 19.3 Å². The van der Waals surface area contributed by atoms with Crippen LogP contribution in [0.1, 0.15) is 67.7 Å². The third-order valence-electron chi connectivity index (χ3n) is 6.88. The SMILES string of the molecule is CCC1C2C(C)C12CC(C)C(C)CC(C)C(C)C. The monoisotopic (exact) mass is 250 g/mol. The quantitative estimate of drug-likeness (QED) is 0.550. The highest BCUT2D eigenvalue weighted by molar-refractivity contribution is 5.29. The molecule has 0 spiro atoms. The van der Waals surface area contributed by atoms with E-state index in [0.717, 1.165) is 46.8 Å². The predicted octanol–water partition coefficient (Wildman–Crippen LogP) is 5.62. The average Bonchev–Trinajstić information content (AvgIpc) is 3.13. The summed E-state index contributed by atoms with van der Waals surface area (Å²) in [5.41, 5.74) is 0.823. The molecule has 0 heterocycles. The number of hydrogen-bond donors (Lipinski definition) is 0. The van der Waals surface area contributed by atoms with Crippen LogP contribution in [-0.4, -0.2) is 0 Å². The van der Waals surface area contributed by atoms with E-state index in [1.807, 2.05) is 0 Å². The van der Waals surface area contributed by atoms with Gasteiger partial charge < -0.3 is 0 Å². The molecule has 7 atom stereocenters. The minimum Gasteiger partial charge on any atom is -0.0651 e. The standard InChI is InChI=1S/C18H34/c1-8-16-17-15(7)18(16,17)10-14(6)13(5)9-12(4)11(2)3/h11-17H,8-10H2,1-7H3. The molecule has 2 aliphatic rings. The molecule has 0 radical (unpaired) electrons. The van der Waals surface area contributed by atoms with Gasteiger partial charge in [-0.15, -0.1) is 0 Å². The summed E-state index contributed by atoms with van der Waals surface area (Å²) in [5.74, 6) is 6.84. The van der Waals surface area contributed by atoms with Crippen molar-refractivity contribution in [1.29, 1.82) is 0 Å². The average molecular weight is 250 g/mol. The molecule has 0 nitrogen and oxygen atoms in total. The molecule has 2 rings (SSSR count). The van der Waals surface area contributed by atoms with Crippen molar-refractivity contribution in [2.75, 3.05) is 0 Å². The molecule has 0 bridgehead atoms. The van der Waals surface area contributed by atoms with Crippen LogP contribution in [0.25, 0.3) is 0 Å². The Labute approximate surface area is 115 Å². The third-order valence-corrected chi connectivity index (χ3v) is 6.88. The normalized spacial score (nSPS) is 42.3. The summed E-state index contributed by atoms with van der Waals surface area (Å²) >= 11 is 0. The molecule has 2 aliphatic carbocycles. The maximum absolute atomic E-state index is 2.51. The van der Waals surface area contributed by atoms with E-state index in [-0.39, 0.29) is 0 Å². The van der Waals surface area contributed by atoms with Gasteiger partial charge >= 0.3 is 0 Å². The fourth-order valence-electron chi connectivity index (χ4n) is 4.79. The summed E-state index contributed by atoms with van der Waals surface area (Å²) in [5, 5.41) is 0. The van der Waals surface area contributed by atoms with E-state index in [1.54, 1.807) is 0 Å². The van der Waals surface area contributed by atoms with Crippen molar-refractivity contribution in [3.05, 3.63) is 0 Å². The third kappa shape index (κ3) is 2.14. The molecule has 0 aromatic rings. The van der Waals surface area contributed by atoms with Gasteiger partial charge in [-0.2, -0.15) is 0 Å². The van der Waals surface area contributed by atoms with Crippen LogP contribution in [0.4, 0.5) is 0 Å². The lowest BCUT2D eigenvalue weighted by Crippen LogP contribution is -2.18. The zero-order valence-electron chi connectivity index (χ0n) is 13.7. The summed E-state index contributed by atoms with van der Waals surface area (Å²) in [6.45, 7) is 17.1. The topological polar surface area (TPSA) is 0 Å². The van der Waals surface area contributed by atoms with Crippen LogP contribution in [0, 0.1) is 46.8 Å². The lowest BCUT2D eigenvalue weighted by molar-refractivity contribution is 0.225. The highest BCUT2D eigenvalue weighted by Gasteiger charge is 2.82. The first-order valence-corrected chi connectivity index (χ1v) is 8.36. The molecule has 0 aromatic carbocycles. The zero-order chi connectivity index (χ0) is 13.7. The van der Waals surface area contributed by atoms with Crippen LogP contribution in [0.3, 0.4) is 0 Å². The zero-order valence-corrected chi connectivity index (χ0v) is 13.7. The Hall–Kier alpha value is 0. The van der Waals surface area contributed by atoms with E-state index in [2.05, 4.69) is 48.5 Å². The fourth-order valence-corrected chi connectivity index (χ4v) is 4.79. The van der Waals surface area contributed by atoms with E-state index in [4.69, 9.17) is 0 Å². The minimum atomic E-state index is 0.823. The Morgan fingerprint density at radius 2 is 1.56 bits per heavy atom. The number of hydrogen-bond acceptors (Lipinski definition) is 0. The molecule has 0 aliphatic heterocycles. The van der Waals surface area contributed by atoms with Crippen molar-refractivity contribution in [2.45, 2.75) is 67.7 Å². The molecule has 0 amide bonds. The van der Waals surface area contributed by atoms with Crippen molar-refractivity contribution in [3.63, 3.8) is 0 Å². The smallest absolute Gasteiger partial charge is 0.0201 e. The first kappa shape index (κ1) is 14.4. The number of rotatable bonds is 7. The van der Waals surface area contributed by atoms with Gasteiger partial charge in [-0.05, 0) is 59.7 Å². The lowest BCUT2D eigenvalue weighted by atomic mass is 9.78. The van der Waals surface area contributed by atoms with Gasteiger partial charge in [0.1, 0.15) is 0 Å². The van der Waals surface area contributed by atoms with Crippen LogP contribution in [0.5, 0.6) is 0 Å². The van der Waals surface area contributed by atoms with Gasteiger partial charge in [0.25, 0.3) is 0 Å². The highest BCUT2D eigenvalue weighted by atomic mass is 14.9. The van der Waals surface area contributed by atoms with Crippen LogP contribution < -0.4 is 0 Å². The van der Waals surface area contributed by atoms with Crippen molar-refractivity contribution >= 4 is 0 Å². The van der Waals surface area contributed by atoms with Crippen molar-refractivity contribution in [3.8, 4) is 0 Å². The van der Waals surface area contributed by atoms with Crippen molar-refractivity contribution in [1.82, 2.24) is 0 Å². The lowest BCUT2D eigenvalue weighted by Gasteiger charge is -2.27. The van der Waals surface area contributed by atoms with E-state index < -0.39 is 0 Å². The summed E-state index contributed by atoms with van der Waals surface area (Å²) < 4.78 is 0. The maximum Gasteiger partial charge on any atom is -0.0201 e. The predicted molar refractivity (Wildman–Crippen MR) is 80.4 cm³/mol. The molecule has 2 saturated carbocycles. The van der Waals surface area contributed by atoms with E-state index in [0.29, 0.717) is 0 Å². The van der Waals surface area contributed by atoms with E-state index >= 15 is 0 Å². The molecule has 0 N–H and O–H groups in total. The minimum absolute atomic E-state index is 0.823. The highest BCUT2D eigenvalue weighted by Crippen LogP contribution is 2.87. The van der Waals surface area contributed by atoms with Crippen LogP contribution in [0.2, 0.25) is 0 Å². The van der Waals surface area contributed by atoms with Gasteiger partial charge in [0.05, 0.1) is 0 Å².